The van der Waals surface area contributed by atoms with Crippen molar-refractivity contribution in [1.82, 2.24) is 24.4 Å². The van der Waals surface area contributed by atoms with Gasteiger partial charge in [-0.25, -0.2) is 23.4 Å². The van der Waals surface area contributed by atoms with E-state index in [1.54, 1.807) is 32.4 Å². The molecular weight excluding hydrogens is 414 g/mol. The Bertz CT molecular complexity index is 1110. The molecule has 31 heavy (non-hydrogen) atoms. The Balaban J connectivity index is 1.34. The first-order chi connectivity index (χ1) is 14.9. The molecule has 9 nitrogen and oxygen atoms in total. The van der Waals surface area contributed by atoms with Gasteiger partial charge in [0.1, 0.15) is 23.8 Å². The second-order valence-electron chi connectivity index (χ2n) is 7.80. The molecule has 0 bridgehead atoms. The molecule has 1 fully saturated rings. The number of nitrogens with one attached hydrogen (secondary N) is 1. The number of anilines is 2. The van der Waals surface area contributed by atoms with Crippen LogP contribution in [0.4, 0.5) is 11.6 Å². The molecule has 4 heterocycles. The highest BCUT2D eigenvalue weighted by Gasteiger charge is 2.20. The van der Waals surface area contributed by atoms with Crippen molar-refractivity contribution in [2.75, 3.05) is 35.8 Å². The standard InChI is InChI=1S/C21H27N7O2S/c1-17(2)31(29,30)25-19-6-5-8-21(24-19)27-12-10-26(11-13-27)14-18-15-28(16-23-18)20-7-3-4-9-22-20/h3-9,15-17H,10-14H2,1-2H3,(H,24,25). The van der Waals surface area contributed by atoms with Gasteiger partial charge in [-0.3, -0.25) is 14.2 Å². The lowest BCUT2D eigenvalue weighted by Crippen LogP contribution is -2.46. The largest absolute Gasteiger partial charge is 0.354 e. The molecule has 0 spiro atoms. The van der Waals surface area contributed by atoms with Crippen LogP contribution in [0.3, 0.4) is 0 Å². The molecule has 1 N–H and O–H groups in total. The lowest BCUT2D eigenvalue weighted by Gasteiger charge is -2.35. The molecule has 1 saturated heterocycles. The quantitative estimate of drug-likeness (QED) is 0.600. The smallest absolute Gasteiger partial charge is 0.236 e. The van der Waals surface area contributed by atoms with Crippen molar-refractivity contribution in [3.63, 3.8) is 0 Å². The number of imidazole rings is 1. The minimum absolute atomic E-state index is 0.355. The summed E-state index contributed by atoms with van der Waals surface area (Å²) in [4.78, 5) is 17.9. The maximum Gasteiger partial charge on any atom is 0.236 e. The second kappa shape index (κ2) is 9.03. The number of hydrogen-bond donors (Lipinski definition) is 1. The number of piperazine rings is 1. The van der Waals surface area contributed by atoms with Gasteiger partial charge in [-0.15, -0.1) is 0 Å². The van der Waals surface area contributed by atoms with Crippen LogP contribution in [0.25, 0.3) is 5.82 Å². The van der Waals surface area contributed by atoms with E-state index in [4.69, 9.17) is 0 Å². The van der Waals surface area contributed by atoms with Crippen molar-refractivity contribution in [2.45, 2.75) is 25.6 Å². The Hall–Kier alpha value is -2.98. The number of hydrogen-bond acceptors (Lipinski definition) is 7. The minimum Gasteiger partial charge on any atom is -0.354 e. The van der Waals surface area contributed by atoms with Gasteiger partial charge in [0, 0.05) is 45.1 Å². The number of aromatic nitrogens is 4. The molecule has 0 saturated carbocycles. The predicted molar refractivity (Wildman–Crippen MR) is 121 cm³/mol. The Morgan fingerprint density at radius 2 is 1.77 bits per heavy atom. The zero-order valence-corrected chi connectivity index (χ0v) is 18.5. The van der Waals surface area contributed by atoms with Crippen molar-refractivity contribution >= 4 is 21.7 Å². The molecule has 4 rings (SSSR count). The van der Waals surface area contributed by atoms with E-state index in [2.05, 4.69) is 29.5 Å². The highest BCUT2D eigenvalue weighted by Crippen LogP contribution is 2.19. The average Bonchev–Trinajstić information content (AvgIpc) is 3.23. The topological polar surface area (TPSA) is 96.2 Å². The molecule has 0 atom stereocenters. The van der Waals surface area contributed by atoms with Crippen LogP contribution in [0.5, 0.6) is 0 Å². The van der Waals surface area contributed by atoms with Gasteiger partial charge in [0.2, 0.25) is 10.0 Å². The fourth-order valence-corrected chi connectivity index (χ4v) is 4.00. The number of sulfonamides is 1. The highest BCUT2D eigenvalue weighted by molar-refractivity contribution is 7.93. The molecule has 0 radical (unpaired) electrons. The lowest BCUT2D eigenvalue weighted by atomic mass is 10.3. The summed E-state index contributed by atoms with van der Waals surface area (Å²) in [5.41, 5.74) is 1.00. The van der Waals surface area contributed by atoms with Crippen LogP contribution < -0.4 is 9.62 Å². The van der Waals surface area contributed by atoms with Crippen LogP contribution in [0.2, 0.25) is 0 Å². The second-order valence-corrected chi connectivity index (χ2v) is 10.0. The predicted octanol–water partition coefficient (Wildman–Crippen LogP) is 2.13. The zero-order valence-electron chi connectivity index (χ0n) is 17.7. The summed E-state index contributed by atoms with van der Waals surface area (Å²) in [6, 6.07) is 11.2. The van der Waals surface area contributed by atoms with Gasteiger partial charge in [0.15, 0.2) is 0 Å². The molecule has 0 aliphatic carbocycles. The SMILES string of the molecule is CC(C)S(=O)(=O)Nc1cccc(N2CCN(Cc3cn(-c4ccccn4)cn3)CC2)n1. The van der Waals surface area contributed by atoms with Gasteiger partial charge >= 0.3 is 0 Å². The van der Waals surface area contributed by atoms with Crippen molar-refractivity contribution < 1.29 is 8.42 Å². The van der Waals surface area contributed by atoms with Crippen LogP contribution in [-0.2, 0) is 16.6 Å². The molecule has 10 heteroatoms. The van der Waals surface area contributed by atoms with E-state index in [0.29, 0.717) is 5.82 Å². The van der Waals surface area contributed by atoms with E-state index in [1.807, 2.05) is 41.1 Å². The Morgan fingerprint density at radius 3 is 2.48 bits per heavy atom. The van der Waals surface area contributed by atoms with Crippen LogP contribution in [-0.4, -0.2) is 64.3 Å². The monoisotopic (exact) mass is 441 g/mol. The third-order valence-corrected chi connectivity index (χ3v) is 6.97. The number of pyridine rings is 2. The average molecular weight is 442 g/mol. The molecule has 1 aliphatic rings. The zero-order chi connectivity index (χ0) is 21.8. The van der Waals surface area contributed by atoms with Crippen LogP contribution in [0.15, 0.2) is 55.1 Å². The Morgan fingerprint density at radius 1 is 1.00 bits per heavy atom. The van der Waals surface area contributed by atoms with E-state index in [1.165, 1.54) is 0 Å². The first kappa shape index (κ1) is 21.3. The van der Waals surface area contributed by atoms with E-state index < -0.39 is 15.3 Å². The molecule has 1 aliphatic heterocycles. The molecule has 164 valence electrons. The van der Waals surface area contributed by atoms with Crippen molar-refractivity contribution in [3.8, 4) is 5.82 Å². The maximum atomic E-state index is 12.1. The first-order valence-corrected chi connectivity index (χ1v) is 11.9. The van der Waals surface area contributed by atoms with E-state index in [0.717, 1.165) is 50.1 Å². The molecule has 0 amide bonds. The van der Waals surface area contributed by atoms with Crippen molar-refractivity contribution in [2.24, 2.45) is 0 Å². The van der Waals surface area contributed by atoms with Crippen LogP contribution in [0.1, 0.15) is 19.5 Å². The Labute approximate surface area is 182 Å². The fourth-order valence-electron chi connectivity index (χ4n) is 3.36. The summed E-state index contributed by atoms with van der Waals surface area (Å²) >= 11 is 0. The minimum atomic E-state index is -3.41. The van der Waals surface area contributed by atoms with Gasteiger partial charge in [-0.1, -0.05) is 12.1 Å². The van der Waals surface area contributed by atoms with Gasteiger partial charge < -0.3 is 4.90 Å². The number of nitrogens with zero attached hydrogens (tertiary/aromatic N) is 6. The molecule has 3 aromatic rings. The van der Waals surface area contributed by atoms with Crippen molar-refractivity contribution in [3.05, 3.63) is 60.8 Å². The fraction of sp³-hybridized carbons (Fsp3) is 0.381. The number of rotatable bonds is 7. The molecule has 0 unspecified atom stereocenters. The first-order valence-electron chi connectivity index (χ1n) is 10.3. The summed E-state index contributed by atoms with van der Waals surface area (Å²) in [6.07, 6.45) is 5.58. The normalized spacial score (nSPS) is 15.4. The lowest BCUT2D eigenvalue weighted by molar-refractivity contribution is 0.247. The maximum absolute atomic E-state index is 12.1. The molecule has 0 aromatic carbocycles. The van der Waals surface area contributed by atoms with E-state index in [-0.39, 0.29) is 0 Å². The summed E-state index contributed by atoms with van der Waals surface area (Å²) in [6.45, 7) is 7.44. The summed E-state index contributed by atoms with van der Waals surface area (Å²) < 4.78 is 28.7. The van der Waals surface area contributed by atoms with Gasteiger partial charge in [-0.05, 0) is 38.1 Å². The molecular formula is C21H27N7O2S. The van der Waals surface area contributed by atoms with E-state index >= 15 is 0 Å². The van der Waals surface area contributed by atoms with Gasteiger partial charge in [-0.2, -0.15) is 0 Å². The summed E-state index contributed by atoms with van der Waals surface area (Å²) in [5, 5.41) is -0.511. The van der Waals surface area contributed by atoms with Crippen LogP contribution >= 0.6 is 0 Å². The summed E-state index contributed by atoms with van der Waals surface area (Å²) in [5.74, 6) is 1.99. The highest BCUT2D eigenvalue weighted by atomic mass is 32.2. The Kier molecular flexibility index (Phi) is 6.19. The van der Waals surface area contributed by atoms with E-state index in [9.17, 15) is 8.42 Å². The summed E-state index contributed by atoms with van der Waals surface area (Å²) in [7, 11) is -3.41. The van der Waals surface area contributed by atoms with Gasteiger partial charge in [0.25, 0.3) is 0 Å². The third-order valence-electron chi connectivity index (χ3n) is 5.23. The van der Waals surface area contributed by atoms with Crippen LogP contribution in [0, 0.1) is 0 Å². The third kappa shape index (κ3) is 5.20. The van der Waals surface area contributed by atoms with Crippen molar-refractivity contribution in [1.29, 1.82) is 0 Å². The molecule has 3 aromatic heterocycles. The van der Waals surface area contributed by atoms with Gasteiger partial charge in [0.05, 0.1) is 10.9 Å².